The maximum Gasteiger partial charge on any atom is 0.174 e. The van der Waals surface area contributed by atoms with Crippen LogP contribution >= 0.6 is 23.1 Å². The van der Waals surface area contributed by atoms with Gasteiger partial charge in [-0.3, -0.25) is 4.79 Å². The molecule has 2 rings (SSSR count). The second-order valence-electron chi connectivity index (χ2n) is 4.88. The quantitative estimate of drug-likeness (QED) is 0.668. The van der Waals surface area contributed by atoms with E-state index in [1.807, 2.05) is 13.2 Å². The van der Waals surface area contributed by atoms with E-state index in [-0.39, 0.29) is 5.78 Å². The summed E-state index contributed by atoms with van der Waals surface area (Å²) < 4.78 is 5.41. The summed E-state index contributed by atoms with van der Waals surface area (Å²) in [7, 11) is 1.77. The number of nitrogens with two attached hydrogens (primary N) is 1. The highest BCUT2D eigenvalue weighted by Crippen LogP contribution is 2.45. The molecule has 0 aliphatic carbocycles. The van der Waals surface area contributed by atoms with Gasteiger partial charge in [0.2, 0.25) is 0 Å². The highest BCUT2D eigenvalue weighted by atomic mass is 32.2. The van der Waals surface area contributed by atoms with Crippen LogP contribution in [-0.4, -0.2) is 38.3 Å². The average Bonchev–Trinajstić information content (AvgIpc) is 2.83. The lowest BCUT2D eigenvalue weighted by molar-refractivity contribution is 0.0819. The van der Waals surface area contributed by atoms with E-state index in [4.69, 9.17) is 10.5 Å². The van der Waals surface area contributed by atoms with Crippen LogP contribution in [0.25, 0.3) is 0 Å². The van der Waals surface area contributed by atoms with Gasteiger partial charge >= 0.3 is 0 Å². The molecule has 20 heavy (non-hydrogen) atoms. The smallest absolute Gasteiger partial charge is 0.174 e. The number of nitrogen functional groups attached to an aromatic ring is 1. The summed E-state index contributed by atoms with van der Waals surface area (Å²) >= 11 is 3.18. The number of carbonyl (C=O) groups is 1. The summed E-state index contributed by atoms with van der Waals surface area (Å²) in [5, 5.41) is 1.15. The number of rotatable bonds is 5. The molecule has 1 aliphatic heterocycles. The maximum atomic E-state index is 12.0. The van der Waals surface area contributed by atoms with E-state index in [1.165, 1.54) is 0 Å². The Morgan fingerprint density at radius 2 is 2.15 bits per heavy atom. The fourth-order valence-electron chi connectivity index (χ4n) is 2.48. The Kier molecular flexibility index (Phi) is 5.35. The summed E-state index contributed by atoms with van der Waals surface area (Å²) in [6.07, 6.45) is 4.93. The molecule has 0 amide bonds. The first kappa shape index (κ1) is 15.7. The van der Waals surface area contributed by atoms with Crippen molar-refractivity contribution in [3.8, 4) is 0 Å². The van der Waals surface area contributed by atoms with Crippen molar-refractivity contribution < 1.29 is 9.53 Å². The number of Topliss-reactive ketones (excluding diaryl/α,β-unsaturated/α-hetero) is 1. The zero-order valence-corrected chi connectivity index (χ0v) is 13.9. The summed E-state index contributed by atoms with van der Waals surface area (Å²) in [5.74, 6) is 0.140. The zero-order chi connectivity index (χ0) is 14.7. The molecule has 1 aromatic heterocycles. The molecule has 0 spiro atoms. The Morgan fingerprint density at radius 1 is 1.50 bits per heavy atom. The third-order valence-corrected chi connectivity index (χ3v) is 5.98. The van der Waals surface area contributed by atoms with Gasteiger partial charge in [0.1, 0.15) is 5.00 Å². The average molecular weight is 314 g/mol. The Balaban J connectivity index is 2.25. The largest absolute Gasteiger partial charge is 0.396 e. The number of carbonyl (C=O) groups excluding carboxylic acids is 1. The molecule has 2 N–H and O–H groups in total. The fraction of sp³-hybridized carbons (Fsp3) is 0.643. The van der Waals surface area contributed by atoms with Crippen molar-refractivity contribution in [2.75, 3.05) is 37.1 Å². The molecule has 0 radical (unpaired) electrons. The van der Waals surface area contributed by atoms with Crippen molar-refractivity contribution >= 4 is 39.6 Å². The molecular formula is C14H22N2O2S2. The van der Waals surface area contributed by atoms with Crippen LogP contribution in [0.15, 0.2) is 4.90 Å². The molecule has 2 heterocycles. The Hall–Kier alpha value is -0.720. The van der Waals surface area contributed by atoms with Gasteiger partial charge in [0.25, 0.3) is 0 Å². The van der Waals surface area contributed by atoms with E-state index < -0.39 is 0 Å². The van der Waals surface area contributed by atoms with Gasteiger partial charge in [-0.05, 0) is 19.1 Å². The number of thioether (sulfide) groups is 1. The van der Waals surface area contributed by atoms with Crippen LogP contribution in [0.5, 0.6) is 0 Å². The predicted octanol–water partition coefficient (Wildman–Crippen LogP) is 3.26. The molecule has 1 saturated heterocycles. The Morgan fingerprint density at radius 3 is 2.65 bits per heavy atom. The van der Waals surface area contributed by atoms with E-state index in [2.05, 4.69) is 4.90 Å². The monoisotopic (exact) mass is 314 g/mol. The maximum absolute atomic E-state index is 12.0. The topological polar surface area (TPSA) is 55.6 Å². The molecule has 112 valence electrons. The number of hydrogen-bond donors (Lipinski definition) is 1. The first-order valence-electron chi connectivity index (χ1n) is 6.89. The summed E-state index contributed by atoms with van der Waals surface area (Å²) in [6, 6.07) is 0. The van der Waals surface area contributed by atoms with E-state index in [9.17, 15) is 4.79 Å². The van der Waals surface area contributed by atoms with Crippen LogP contribution in [0.2, 0.25) is 0 Å². The van der Waals surface area contributed by atoms with Crippen molar-refractivity contribution in [2.24, 2.45) is 0 Å². The summed E-state index contributed by atoms with van der Waals surface area (Å²) in [5.41, 5.74) is 6.83. The number of ketones is 1. The molecule has 1 aliphatic rings. The molecular weight excluding hydrogens is 292 g/mol. The normalized spacial score (nSPS) is 16.6. The molecule has 0 saturated carbocycles. The number of ether oxygens (including phenoxy) is 1. The SMILES string of the molecule is CCC(=O)c1sc(N2CCC(OC)CC2)c(SC)c1N. The lowest BCUT2D eigenvalue weighted by Gasteiger charge is -2.32. The Bertz CT molecular complexity index is 480. The van der Waals surface area contributed by atoms with Gasteiger partial charge in [0, 0.05) is 26.6 Å². The Labute approximate surface area is 128 Å². The lowest BCUT2D eigenvalue weighted by Crippen LogP contribution is -2.36. The van der Waals surface area contributed by atoms with Gasteiger partial charge in [-0.25, -0.2) is 0 Å². The van der Waals surface area contributed by atoms with E-state index in [1.54, 1.807) is 30.2 Å². The van der Waals surface area contributed by atoms with Gasteiger partial charge in [-0.2, -0.15) is 0 Å². The van der Waals surface area contributed by atoms with Crippen molar-refractivity contribution in [1.29, 1.82) is 0 Å². The fourth-order valence-corrected chi connectivity index (χ4v) is 4.73. The second kappa shape index (κ2) is 6.83. The minimum absolute atomic E-state index is 0.140. The minimum Gasteiger partial charge on any atom is -0.396 e. The van der Waals surface area contributed by atoms with E-state index in [0.29, 0.717) is 18.2 Å². The van der Waals surface area contributed by atoms with E-state index in [0.717, 1.165) is 40.7 Å². The van der Waals surface area contributed by atoms with Crippen LogP contribution < -0.4 is 10.6 Å². The first-order valence-corrected chi connectivity index (χ1v) is 8.93. The molecule has 4 nitrogen and oxygen atoms in total. The number of methoxy groups -OCH3 is 1. The van der Waals surface area contributed by atoms with Gasteiger partial charge in [-0.15, -0.1) is 23.1 Å². The molecule has 0 unspecified atom stereocenters. The standard InChI is InChI=1S/C14H22N2O2S2/c1-4-10(17)12-11(15)13(19-3)14(20-12)16-7-5-9(18-2)6-8-16/h9H,4-8,15H2,1-3H3. The number of nitrogens with zero attached hydrogens (tertiary/aromatic N) is 1. The predicted molar refractivity (Wildman–Crippen MR) is 87.4 cm³/mol. The zero-order valence-electron chi connectivity index (χ0n) is 12.3. The molecule has 0 aromatic carbocycles. The number of anilines is 2. The summed E-state index contributed by atoms with van der Waals surface area (Å²) in [6.45, 7) is 3.81. The van der Waals surface area contributed by atoms with Gasteiger partial charge in [0.05, 0.1) is 21.6 Å². The molecule has 1 fully saturated rings. The first-order chi connectivity index (χ1) is 9.62. The minimum atomic E-state index is 0.140. The molecule has 1 aromatic rings. The number of hydrogen-bond acceptors (Lipinski definition) is 6. The molecule has 0 atom stereocenters. The van der Waals surface area contributed by atoms with Crippen molar-refractivity contribution in [3.05, 3.63) is 4.88 Å². The highest BCUT2D eigenvalue weighted by Gasteiger charge is 2.26. The summed E-state index contributed by atoms with van der Waals surface area (Å²) in [4.78, 5) is 16.1. The van der Waals surface area contributed by atoms with Crippen molar-refractivity contribution in [2.45, 2.75) is 37.2 Å². The highest BCUT2D eigenvalue weighted by molar-refractivity contribution is 7.99. The number of piperidine rings is 1. The van der Waals surface area contributed by atoms with Crippen molar-refractivity contribution in [3.63, 3.8) is 0 Å². The van der Waals surface area contributed by atoms with Gasteiger partial charge in [-0.1, -0.05) is 6.92 Å². The van der Waals surface area contributed by atoms with E-state index >= 15 is 0 Å². The lowest BCUT2D eigenvalue weighted by atomic mass is 10.1. The van der Waals surface area contributed by atoms with Crippen LogP contribution in [0.3, 0.4) is 0 Å². The van der Waals surface area contributed by atoms with Crippen LogP contribution in [0, 0.1) is 0 Å². The van der Waals surface area contributed by atoms with Crippen LogP contribution in [-0.2, 0) is 4.74 Å². The van der Waals surface area contributed by atoms with Gasteiger partial charge in [0.15, 0.2) is 5.78 Å². The molecule has 0 bridgehead atoms. The van der Waals surface area contributed by atoms with Crippen molar-refractivity contribution in [1.82, 2.24) is 0 Å². The third-order valence-electron chi connectivity index (χ3n) is 3.72. The van der Waals surface area contributed by atoms with Crippen LogP contribution in [0.1, 0.15) is 35.9 Å². The molecule has 6 heteroatoms. The van der Waals surface area contributed by atoms with Crippen LogP contribution in [0.4, 0.5) is 10.7 Å². The third kappa shape index (κ3) is 2.97. The second-order valence-corrected chi connectivity index (χ2v) is 6.70. The number of thiophene rings is 1. The van der Waals surface area contributed by atoms with Gasteiger partial charge < -0.3 is 15.4 Å².